The second-order valence-corrected chi connectivity index (χ2v) is 6.63. The highest BCUT2D eigenvalue weighted by Gasteiger charge is 2.23. The average Bonchev–Trinajstić information content (AvgIpc) is 2.70. The smallest absolute Gasteiger partial charge is 0.317 e. The van der Waals surface area contributed by atoms with Gasteiger partial charge in [0.25, 0.3) is 0 Å². The monoisotopic (exact) mass is 367 g/mol. The van der Waals surface area contributed by atoms with Gasteiger partial charge in [-0.1, -0.05) is 18.2 Å². The number of pyridine rings is 1. The fraction of sp³-hybridized carbons (Fsp3) is 0.350. The Balaban J connectivity index is 1.41. The van der Waals surface area contributed by atoms with Gasteiger partial charge in [0.2, 0.25) is 5.91 Å². The molecule has 1 unspecified atom stereocenters. The molecule has 1 aliphatic rings. The summed E-state index contributed by atoms with van der Waals surface area (Å²) < 4.78 is 0. The minimum atomic E-state index is -0.0762. The maximum atomic E-state index is 12.5. The zero-order valence-electron chi connectivity index (χ0n) is 15.5. The van der Waals surface area contributed by atoms with Gasteiger partial charge in [0.15, 0.2) is 0 Å². The van der Waals surface area contributed by atoms with E-state index in [1.165, 1.54) is 0 Å². The molecule has 0 aliphatic carbocycles. The van der Waals surface area contributed by atoms with E-state index in [2.05, 4.69) is 20.5 Å². The van der Waals surface area contributed by atoms with Gasteiger partial charge in [0.1, 0.15) is 0 Å². The Morgan fingerprint density at radius 3 is 2.37 bits per heavy atom. The molecule has 1 aliphatic heterocycles. The van der Waals surface area contributed by atoms with Gasteiger partial charge in [0, 0.05) is 44.3 Å². The van der Waals surface area contributed by atoms with Gasteiger partial charge in [-0.05, 0) is 36.8 Å². The predicted octanol–water partition coefficient (Wildman–Crippen LogP) is 2.11. The quantitative estimate of drug-likeness (QED) is 0.849. The van der Waals surface area contributed by atoms with Crippen LogP contribution < -0.4 is 10.6 Å². The number of amides is 3. The molecule has 0 spiro atoms. The first-order chi connectivity index (χ1) is 13.1. The van der Waals surface area contributed by atoms with Crippen LogP contribution in [0.15, 0.2) is 54.9 Å². The summed E-state index contributed by atoms with van der Waals surface area (Å²) in [6.07, 6.45) is 3.44. The molecule has 3 rings (SSSR count). The number of hydrogen-bond donors (Lipinski definition) is 2. The molecule has 1 saturated heterocycles. The van der Waals surface area contributed by atoms with E-state index >= 15 is 0 Å². The lowest BCUT2D eigenvalue weighted by Gasteiger charge is -2.34. The van der Waals surface area contributed by atoms with Gasteiger partial charge in [-0.2, -0.15) is 0 Å². The number of urea groups is 1. The van der Waals surface area contributed by atoms with Crippen LogP contribution >= 0.6 is 0 Å². The number of carbonyl (C=O) groups excluding carboxylic acids is 2. The van der Waals surface area contributed by atoms with Crippen molar-refractivity contribution in [3.63, 3.8) is 0 Å². The number of aromatic nitrogens is 1. The second-order valence-electron chi connectivity index (χ2n) is 6.63. The van der Waals surface area contributed by atoms with Crippen molar-refractivity contribution in [2.24, 2.45) is 0 Å². The summed E-state index contributed by atoms with van der Waals surface area (Å²) >= 11 is 0. The molecule has 2 N–H and O–H groups in total. The minimum Gasteiger partial charge on any atom is -0.331 e. The number of anilines is 1. The molecular formula is C20H25N5O2. The molecule has 1 aromatic carbocycles. The number of benzene rings is 1. The van der Waals surface area contributed by atoms with E-state index in [0.29, 0.717) is 32.7 Å². The average molecular weight is 367 g/mol. The van der Waals surface area contributed by atoms with E-state index in [9.17, 15) is 9.59 Å². The van der Waals surface area contributed by atoms with Crippen molar-refractivity contribution in [2.75, 3.05) is 38.0 Å². The van der Waals surface area contributed by atoms with E-state index in [-0.39, 0.29) is 18.0 Å². The molecule has 2 aromatic rings. The number of rotatable bonds is 5. The van der Waals surface area contributed by atoms with E-state index in [4.69, 9.17) is 0 Å². The third-order valence-corrected chi connectivity index (χ3v) is 4.63. The maximum absolute atomic E-state index is 12.5. The SMILES string of the molecule is CC(NC(=O)N1CCN(CC(=O)Nc2ccccc2)CC1)c1ccncc1. The van der Waals surface area contributed by atoms with Crippen molar-refractivity contribution in [3.05, 3.63) is 60.4 Å². The van der Waals surface area contributed by atoms with Crippen LogP contribution in [0.5, 0.6) is 0 Å². The van der Waals surface area contributed by atoms with E-state index in [0.717, 1.165) is 11.3 Å². The van der Waals surface area contributed by atoms with Crippen LogP contribution in [-0.2, 0) is 4.79 Å². The zero-order valence-corrected chi connectivity index (χ0v) is 15.5. The van der Waals surface area contributed by atoms with Crippen molar-refractivity contribution >= 4 is 17.6 Å². The van der Waals surface area contributed by atoms with Gasteiger partial charge >= 0.3 is 6.03 Å². The molecule has 142 valence electrons. The summed E-state index contributed by atoms with van der Waals surface area (Å²) in [5.41, 5.74) is 1.82. The van der Waals surface area contributed by atoms with Crippen molar-refractivity contribution in [1.29, 1.82) is 0 Å². The number of piperazine rings is 1. The Kier molecular flexibility index (Phi) is 6.38. The topological polar surface area (TPSA) is 77.6 Å². The Hall–Kier alpha value is -2.93. The summed E-state index contributed by atoms with van der Waals surface area (Å²) in [5.74, 6) is -0.0367. The van der Waals surface area contributed by atoms with Crippen LogP contribution in [0.1, 0.15) is 18.5 Å². The van der Waals surface area contributed by atoms with Crippen LogP contribution in [-0.4, -0.2) is 59.4 Å². The van der Waals surface area contributed by atoms with Crippen molar-refractivity contribution < 1.29 is 9.59 Å². The Bertz CT molecular complexity index is 745. The minimum absolute atomic E-state index is 0.0367. The Labute approximate surface area is 159 Å². The molecule has 0 radical (unpaired) electrons. The molecule has 7 nitrogen and oxygen atoms in total. The maximum Gasteiger partial charge on any atom is 0.317 e. The number of carbonyl (C=O) groups is 2. The molecule has 2 heterocycles. The largest absolute Gasteiger partial charge is 0.331 e. The lowest BCUT2D eigenvalue weighted by atomic mass is 10.1. The van der Waals surface area contributed by atoms with Gasteiger partial charge in [-0.15, -0.1) is 0 Å². The summed E-state index contributed by atoms with van der Waals surface area (Å²) in [5, 5.41) is 5.90. The van der Waals surface area contributed by atoms with Gasteiger partial charge in [-0.3, -0.25) is 14.7 Å². The molecular weight excluding hydrogens is 342 g/mol. The van der Waals surface area contributed by atoms with Crippen LogP contribution in [0.2, 0.25) is 0 Å². The zero-order chi connectivity index (χ0) is 19.1. The fourth-order valence-electron chi connectivity index (χ4n) is 3.05. The highest BCUT2D eigenvalue weighted by atomic mass is 16.2. The first-order valence-electron chi connectivity index (χ1n) is 9.14. The molecule has 0 saturated carbocycles. The van der Waals surface area contributed by atoms with Crippen LogP contribution in [0.25, 0.3) is 0 Å². The van der Waals surface area contributed by atoms with Gasteiger partial charge in [-0.25, -0.2) is 4.79 Å². The standard InChI is InChI=1S/C20H25N5O2/c1-16(17-7-9-21-10-8-17)22-20(27)25-13-11-24(12-14-25)15-19(26)23-18-5-3-2-4-6-18/h2-10,16H,11-15H2,1H3,(H,22,27)(H,23,26). The molecule has 3 amide bonds. The van der Waals surface area contributed by atoms with Crippen molar-refractivity contribution in [2.45, 2.75) is 13.0 Å². The highest BCUT2D eigenvalue weighted by Crippen LogP contribution is 2.12. The molecule has 1 fully saturated rings. The van der Waals surface area contributed by atoms with E-state index < -0.39 is 0 Å². The molecule has 27 heavy (non-hydrogen) atoms. The summed E-state index contributed by atoms with van der Waals surface area (Å²) in [4.78, 5) is 32.5. The fourth-order valence-corrected chi connectivity index (χ4v) is 3.05. The third kappa shape index (κ3) is 5.52. The lowest BCUT2D eigenvalue weighted by molar-refractivity contribution is -0.117. The number of nitrogens with zero attached hydrogens (tertiary/aromatic N) is 3. The van der Waals surface area contributed by atoms with E-state index in [1.807, 2.05) is 49.4 Å². The van der Waals surface area contributed by atoms with Crippen LogP contribution in [0.4, 0.5) is 10.5 Å². The second kappa shape index (κ2) is 9.14. The third-order valence-electron chi connectivity index (χ3n) is 4.63. The Morgan fingerprint density at radius 2 is 1.70 bits per heavy atom. The van der Waals surface area contributed by atoms with Gasteiger partial charge < -0.3 is 15.5 Å². The number of para-hydroxylation sites is 1. The van der Waals surface area contributed by atoms with Crippen molar-refractivity contribution in [1.82, 2.24) is 20.1 Å². The van der Waals surface area contributed by atoms with Gasteiger partial charge in [0.05, 0.1) is 12.6 Å². The molecule has 1 atom stereocenters. The summed E-state index contributed by atoms with van der Waals surface area (Å²) in [7, 11) is 0. The normalized spacial score (nSPS) is 15.8. The van der Waals surface area contributed by atoms with Crippen LogP contribution in [0, 0.1) is 0 Å². The highest BCUT2D eigenvalue weighted by molar-refractivity contribution is 5.92. The van der Waals surface area contributed by atoms with Crippen LogP contribution in [0.3, 0.4) is 0 Å². The number of hydrogen-bond acceptors (Lipinski definition) is 4. The summed E-state index contributed by atoms with van der Waals surface area (Å²) in [6, 6.07) is 13.1. The summed E-state index contributed by atoms with van der Waals surface area (Å²) in [6.45, 7) is 4.86. The number of nitrogens with one attached hydrogen (secondary N) is 2. The molecule has 7 heteroatoms. The predicted molar refractivity (Wildman–Crippen MR) is 104 cm³/mol. The van der Waals surface area contributed by atoms with E-state index in [1.54, 1.807) is 17.3 Å². The molecule has 1 aromatic heterocycles. The van der Waals surface area contributed by atoms with Crippen molar-refractivity contribution in [3.8, 4) is 0 Å². The molecule has 0 bridgehead atoms. The first kappa shape index (κ1) is 18.8. The lowest BCUT2D eigenvalue weighted by Crippen LogP contribution is -2.53. The Morgan fingerprint density at radius 1 is 1.04 bits per heavy atom. The first-order valence-corrected chi connectivity index (χ1v) is 9.14.